The molecule has 0 aromatic heterocycles. The first kappa shape index (κ1) is 18.5. The molecule has 0 aromatic carbocycles. The number of alkyl halides is 6. The van der Waals surface area contributed by atoms with E-state index in [1.54, 1.807) is 0 Å². The largest absolute Gasteiger partial charge is 0.403 e. The van der Waals surface area contributed by atoms with E-state index < -0.39 is 58.6 Å². The summed E-state index contributed by atoms with van der Waals surface area (Å²) in [4.78, 5) is 0. The molecule has 116 valence electrons. The molecule has 0 aliphatic carbocycles. The quantitative estimate of drug-likeness (QED) is 0.765. The minimum Gasteiger partial charge on any atom is -0.395 e. The Balaban J connectivity index is 5.33. The van der Waals surface area contributed by atoms with Gasteiger partial charge in [0.1, 0.15) is 0 Å². The van der Waals surface area contributed by atoms with Gasteiger partial charge in [0.2, 0.25) is 0 Å². The van der Waals surface area contributed by atoms with E-state index in [0.717, 1.165) is 0 Å². The van der Waals surface area contributed by atoms with E-state index in [9.17, 15) is 34.8 Å². The lowest BCUT2D eigenvalue weighted by Crippen LogP contribution is -2.50. The van der Waals surface area contributed by atoms with Gasteiger partial charge in [0.15, 0.2) is 15.3 Å². The molecule has 0 radical (unpaired) electrons. The van der Waals surface area contributed by atoms with Crippen molar-refractivity contribution in [3.05, 3.63) is 0 Å². The van der Waals surface area contributed by atoms with Gasteiger partial charge in [-0.1, -0.05) is 6.92 Å². The van der Waals surface area contributed by atoms with Crippen molar-refractivity contribution in [1.82, 2.24) is 0 Å². The van der Waals surface area contributed by atoms with Crippen molar-refractivity contribution in [2.24, 2.45) is 5.41 Å². The first-order chi connectivity index (χ1) is 8.33. The lowest BCUT2D eigenvalue weighted by Gasteiger charge is -2.36. The Morgan fingerprint density at radius 1 is 0.947 bits per heavy atom. The van der Waals surface area contributed by atoms with E-state index in [-0.39, 0.29) is 0 Å². The Labute approximate surface area is 106 Å². The zero-order valence-corrected chi connectivity index (χ0v) is 10.8. The molecule has 10 heteroatoms. The summed E-state index contributed by atoms with van der Waals surface area (Å²) in [7, 11) is -4.15. The molecule has 0 spiro atoms. The van der Waals surface area contributed by atoms with Gasteiger partial charge in [0.25, 0.3) is 0 Å². The Morgan fingerprint density at radius 3 is 1.63 bits per heavy atom. The van der Waals surface area contributed by atoms with Crippen LogP contribution in [0.5, 0.6) is 0 Å². The molecular weight excluding hydrogens is 302 g/mol. The summed E-state index contributed by atoms with van der Waals surface area (Å²) in [6.45, 7) is -0.140. The van der Waals surface area contributed by atoms with Gasteiger partial charge in [0, 0.05) is 0 Å². The first-order valence-electron chi connectivity index (χ1n) is 5.28. The second-order valence-electron chi connectivity index (χ2n) is 4.06. The van der Waals surface area contributed by atoms with E-state index in [1.807, 2.05) is 0 Å². The van der Waals surface area contributed by atoms with Crippen molar-refractivity contribution in [2.45, 2.75) is 32.1 Å². The van der Waals surface area contributed by atoms with Gasteiger partial charge >= 0.3 is 12.4 Å². The molecule has 0 unspecified atom stereocenters. The topological polar surface area (TPSA) is 54.4 Å². The molecule has 0 heterocycles. The standard InChI is InChI=1S/C9H14F6O3S/c1-2-7(8(10,11)12,9(13,14)15)3-5-19(17,18)6-4-16/h16H,2-6H2,1H3. The van der Waals surface area contributed by atoms with Gasteiger partial charge in [-0.2, -0.15) is 26.3 Å². The Morgan fingerprint density at radius 2 is 1.37 bits per heavy atom. The van der Waals surface area contributed by atoms with Crippen molar-refractivity contribution in [3.8, 4) is 0 Å². The lowest BCUT2D eigenvalue weighted by molar-refractivity contribution is -0.342. The number of hydrogen-bond donors (Lipinski definition) is 1. The lowest BCUT2D eigenvalue weighted by atomic mass is 9.81. The Hall–Kier alpha value is -0.510. The van der Waals surface area contributed by atoms with E-state index in [1.165, 1.54) is 0 Å². The third-order valence-corrected chi connectivity index (χ3v) is 4.56. The van der Waals surface area contributed by atoms with Crippen molar-refractivity contribution >= 4 is 9.84 Å². The summed E-state index contributed by atoms with van der Waals surface area (Å²) in [5.41, 5.74) is -4.04. The highest BCUT2D eigenvalue weighted by molar-refractivity contribution is 7.91. The third kappa shape index (κ3) is 4.23. The molecule has 1 N–H and O–H groups in total. The summed E-state index contributed by atoms with van der Waals surface area (Å²) in [5, 5.41) is 8.38. The maximum absolute atomic E-state index is 12.7. The summed E-state index contributed by atoms with van der Waals surface area (Å²) < 4.78 is 98.3. The minimum atomic E-state index is -5.59. The van der Waals surface area contributed by atoms with Gasteiger partial charge < -0.3 is 5.11 Å². The highest BCUT2D eigenvalue weighted by atomic mass is 32.2. The van der Waals surface area contributed by atoms with Gasteiger partial charge in [-0.05, 0) is 12.8 Å². The molecular formula is C9H14F6O3S. The van der Waals surface area contributed by atoms with Gasteiger partial charge in [-0.15, -0.1) is 0 Å². The summed E-state index contributed by atoms with van der Waals surface area (Å²) in [6, 6.07) is 0. The molecule has 0 bridgehead atoms. The van der Waals surface area contributed by atoms with Crippen LogP contribution in [0.3, 0.4) is 0 Å². The number of aliphatic hydroxyl groups is 1. The van der Waals surface area contributed by atoms with E-state index >= 15 is 0 Å². The van der Waals surface area contributed by atoms with Crippen molar-refractivity contribution in [2.75, 3.05) is 18.1 Å². The van der Waals surface area contributed by atoms with Crippen LogP contribution in [0.2, 0.25) is 0 Å². The molecule has 0 saturated heterocycles. The predicted molar refractivity (Wildman–Crippen MR) is 55.2 cm³/mol. The number of hydrogen-bond acceptors (Lipinski definition) is 3. The smallest absolute Gasteiger partial charge is 0.395 e. The maximum atomic E-state index is 12.7. The molecule has 0 aliphatic heterocycles. The average Bonchev–Trinajstić information content (AvgIpc) is 2.14. The number of rotatable bonds is 6. The summed E-state index contributed by atoms with van der Waals surface area (Å²) in [6.07, 6.45) is -14.1. The fraction of sp³-hybridized carbons (Fsp3) is 1.00. The molecule has 0 aromatic rings. The first-order valence-corrected chi connectivity index (χ1v) is 7.10. The second kappa shape index (κ2) is 5.86. The highest BCUT2D eigenvalue weighted by Gasteiger charge is 2.69. The fourth-order valence-corrected chi connectivity index (χ4v) is 2.73. The molecule has 0 saturated carbocycles. The average molecular weight is 316 g/mol. The van der Waals surface area contributed by atoms with Crippen LogP contribution < -0.4 is 0 Å². The van der Waals surface area contributed by atoms with Crippen LogP contribution >= 0.6 is 0 Å². The molecule has 0 aliphatic rings. The molecule has 0 amide bonds. The third-order valence-electron chi connectivity index (χ3n) is 2.93. The van der Waals surface area contributed by atoms with E-state index in [0.29, 0.717) is 6.92 Å². The SMILES string of the molecule is CCC(CCS(=O)(=O)CCO)(C(F)(F)F)C(F)(F)F. The van der Waals surface area contributed by atoms with Crippen molar-refractivity contribution in [1.29, 1.82) is 0 Å². The number of halogens is 6. The van der Waals surface area contributed by atoms with E-state index in [2.05, 4.69) is 0 Å². The maximum Gasteiger partial charge on any atom is 0.403 e. The summed E-state index contributed by atoms with van der Waals surface area (Å²) >= 11 is 0. The van der Waals surface area contributed by atoms with Crippen LogP contribution in [0.4, 0.5) is 26.3 Å². The van der Waals surface area contributed by atoms with Crippen LogP contribution in [-0.2, 0) is 9.84 Å². The van der Waals surface area contributed by atoms with Crippen LogP contribution in [0.25, 0.3) is 0 Å². The van der Waals surface area contributed by atoms with E-state index in [4.69, 9.17) is 5.11 Å². The highest BCUT2D eigenvalue weighted by Crippen LogP contribution is 2.54. The van der Waals surface area contributed by atoms with Crippen LogP contribution in [0, 0.1) is 5.41 Å². The van der Waals surface area contributed by atoms with Crippen LogP contribution in [0.15, 0.2) is 0 Å². The zero-order chi connectivity index (χ0) is 15.5. The Kier molecular flexibility index (Phi) is 5.70. The number of aliphatic hydroxyl groups excluding tert-OH is 1. The summed E-state index contributed by atoms with van der Waals surface area (Å²) in [5.74, 6) is -2.14. The van der Waals surface area contributed by atoms with Crippen LogP contribution in [0.1, 0.15) is 19.8 Å². The monoisotopic (exact) mass is 316 g/mol. The second-order valence-corrected chi connectivity index (χ2v) is 6.36. The van der Waals surface area contributed by atoms with Gasteiger partial charge in [-0.25, -0.2) is 8.42 Å². The van der Waals surface area contributed by atoms with Crippen LogP contribution in [-0.4, -0.2) is 44.0 Å². The molecule has 19 heavy (non-hydrogen) atoms. The number of sulfone groups is 1. The minimum absolute atomic E-state index is 0.708. The normalized spacial score (nSPS) is 14.7. The van der Waals surface area contributed by atoms with Crippen molar-refractivity contribution in [3.63, 3.8) is 0 Å². The Bertz CT molecular complexity index is 370. The van der Waals surface area contributed by atoms with Gasteiger partial charge in [0.05, 0.1) is 18.1 Å². The van der Waals surface area contributed by atoms with Gasteiger partial charge in [-0.3, -0.25) is 0 Å². The zero-order valence-electron chi connectivity index (χ0n) is 9.98. The molecule has 3 nitrogen and oxygen atoms in total. The molecule has 0 rings (SSSR count). The van der Waals surface area contributed by atoms with Crippen molar-refractivity contribution < 1.29 is 39.9 Å². The fourth-order valence-electron chi connectivity index (χ4n) is 1.59. The predicted octanol–water partition coefficient (Wildman–Crippen LogP) is 2.30. The molecule has 0 fully saturated rings. The molecule has 0 atom stereocenters.